The van der Waals surface area contributed by atoms with E-state index in [1.165, 1.54) is 11.1 Å². The van der Waals surface area contributed by atoms with Gasteiger partial charge in [0.25, 0.3) is 0 Å². The number of para-hydroxylation sites is 1. The second kappa shape index (κ2) is 14.6. The molecule has 0 aliphatic rings. The van der Waals surface area contributed by atoms with E-state index >= 15 is 0 Å². The summed E-state index contributed by atoms with van der Waals surface area (Å²) in [4.78, 5) is 15.1. The Hall–Kier alpha value is -5.90. The number of nitrogens with zero attached hydrogens (tertiary/aromatic N) is 4. The average molecular weight is 923 g/mol. The van der Waals surface area contributed by atoms with E-state index < -0.39 is 0 Å². The van der Waals surface area contributed by atoms with Crippen molar-refractivity contribution in [3.63, 3.8) is 0 Å². The largest absolute Gasteiger partial charge is 0.507 e. The molecule has 284 valence electrons. The second-order valence-corrected chi connectivity index (χ2v) is 16.6. The molecule has 0 saturated heterocycles. The fourth-order valence-electron chi connectivity index (χ4n) is 7.78. The third-order valence-corrected chi connectivity index (χ3v) is 10.8. The molecular weight excluding hydrogens is 880 g/mol. The van der Waals surface area contributed by atoms with Gasteiger partial charge in [0, 0.05) is 55.8 Å². The van der Waals surface area contributed by atoms with Gasteiger partial charge in [0.05, 0.1) is 27.9 Å². The topological polar surface area (TPSA) is 63.8 Å². The molecule has 9 aromatic rings. The molecule has 5 nitrogen and oxygen atoms in total. The van der Waals surface area contributed by atoms with E-state index in [2.05, 4.69) is 161 Å². The van der Waals surface area contributed by atoms with Crippen LogP contribution < -0.4 is 0 Å². The van der Waals surface area contributed by atoms with Crippen molar-refractivity contribution in [2.45, 2.75) is 52.4 Å². The number of imidazole rings is 1. The molecule has 7 aromatic carbocycles. The van der Waals surface area contributed by atoms with Crippen molar-refractivity contribution in [1.82, 2.24) is 19.5 Å². The molecule has 0 radical (unpaired) electrons. The monoisotopic (exact) mass is 922 g/mol. The minimum atomic E-state index is -0.0946. The normalized spacial score (nSPS) is 12.0. The first-order chi connectivity index (χ1) is 27.0. The number of phenolic OH excluding ortho intramolecular Hbond substituents is 1. The number of rotatable bonds is 5. The zero-order valence-electron chi connectivity index (χ0n) is 32.9. The van der Waals surface area contributed by atoms with E-state index in [0.717, 1.165) is 83.3 Å². The predicted octanol–water partition coefficient (Wildman–Crippen LogP) is 12.9. The van der Waals surface area contributed by atoms with Gasteiger partial charge in [0.15, 0.2) is 0 Å². The zero-order valence-corrected chi connectivity index (χ0v) is 35.2. The van der Waals surface area contributed by atoms with Crippen LogP contribution in [-0.2, 0) is 31.9 Å². The van der Waals surface area contributed by atoms with E-state index in [-0.39, 0.29) is 37.6 Å². The number of fused-ring (bicyclic) bond motifs is 3. The van der Waals surface area contributed by atoms with Crippen LogP contribution >= 0.6 is 0 Å². The van der Waals surface area contributed by atoms with Gasteiger partial charge in [-0.1, -0.05) is 138 Å². The van der Waals surface area contributed by atoms with E-state index in [1.54, 1.807) is 18.5 Å². The summed E-state index contributed by atoms with van der Waals surface area (Å²) in [6.07, 6.45) is 3.50. The van der Waals surface area contributed by atoms with Gasteiger partial charge < -0.3 is 9.67 Å². The fourth-order valence-corrected chi connectivity index (χ4v) is 7.78. The SMILES string of the molecule is CC(C)(C)c1ccc(-n2c(-c3[c-]c(-c4cc(C(C)(C)C)cc5nccnc45)ccc3)nc3c(-c4c(O)ccc5ccccc45)cccc32)c(-c2ccccc2)c1.[Pt]. The first-order valence-electron chi connectivity index (χ1n) is 19.2. The first-order valence-corrected chi connectivity index (χ1v) is 19.2. The van der Waals surface area contributed by atoms with Crippen LogP contribution in [-0.4, -0.2) is 24.6 Å². The Morgan fingerprint density at radius 3 is 2.07 bits per heavy atom. The molecule has 0 bridgehead atoms. The van der Waals surface area contributed by atoms with Gasteiger partial charge in [-0.05, 0) is 68.6 Å². The maximum atomic E-state index is 11.5. The number of phenols is 1. The van der Waals surface area contributed by atoms with Crippen molar-refractivity contribution < 1.29 is 26.2 Å². The standard InChI is InChI=1S/C51H43N4O.Pt/c1-50(2,3)36-23-24-43(40(29-36)32-14-8-7-9-15-32)55-44-21-13-20-39(46-38-19-11-10-16-33(38)22-25-45(46)56)48(44)54-49(55)35-18-12-17-34(28-35)41-30-37(51(4,5)6)31-42-47(41)53-27-26-52-42;/h7-27,29-31,56H,1-6H3;/q-1;. The molecule has 6 heteroatoms. The summed E-state index contributed by atoms with van der Waals surface area (Å²) in [6.45, 7) is 13.4. The van der Waals surface area contributed by atoms with Crippen LogP contribution in [0, 0.1) is 6.07 Å². The first kappa shape index (κ1) is 38.0. The van der Waals surface area contributed by atoms with E-state index in [9.17, 15) is 5.11 Å². The third-order valence-electron chi connectivity index (χ3n) is 10.8. The van der Waals surface area contributed by atoms with Crippen LogP contribution in [0.5, 0.6) is 5.75 Å². The molecule has 0 saturated carbocycles. The predicted molar refractivity (Wildman–Crippen MR) is 231 cm³/mol. The Bertz CT molecular complexity index is 2950. The smallest absolute Gasteiger partial charge is 0.124 e. The van der Waals surface area contributed by atoms with E-state index in [0.29, 0.717) is 0 Å². The summed E-state index contributed by atoms with van der Waals surface area (Å²) in [5, 5.41) is 13.5. The molecule has 0 aliphatic carbocycles. The Kier molecular flexibility index (Phi) is 9.70. The van der Waals surface area contributed by atoms with Gasteiger partial charge in [-0.25, -0.2) is 0 Å². The Labute approximate surface area is 348 Å². The number of hydrogen-bond donors (Lipinski definition) is 1. The fraction of sp³-hybridized carbons (Fsp3) is 0.157. The molecule has 0 atom stereocenters. The van der Waals surface area contributed by atoms with Crippen LogP contribution in [0.25, 0.3) is 83.3 Å². The van der Waals surface area contributed by atoms with Gasteiger partial charge in [-0.3, -0.25) is 15.0 Å². The molecule has 0 amide bonds. The molecule has 2 aromatic heterocycles. The number of hydrogen-bond acceptors (Lipinski definition) is 4. The molecule has 57 heavy (non-hydrogen) atoms. The van der Waals surface area contributed by atoms with Crippen molar-refractivity contribution in [1.29, 1.82) is 0 Å². The van der Waals surface area contributed by atoms with Gasteiger partial charge in [-0.2, -0.15) is 0 Å². The zero-order chi connectivity index (χ0) is 38.8. The van der Waals surface area contributed by atoms with Gasteiger partial charge in [-0.15, -0.1) is 29.8 Å². The molecule has 1 N–H and O–H groups in total. The molecule has 0 aliphatic heterocycles. The van der Waals surface area contributed by atoms with Crippen molar-refractivity contribution in [3.8, 4) is 56.2 Å². The van der Waals surface area contributed by atoms with Crippen LogP contribution in [0.4, 0.5) is 0 Å². The second-order valence-electron chi connectivity index (χ2n) is 16.6. The van der Waals surface area contributed by atoms with Crippen LogP contribution in [0.2, 0.25) is 0 Å². The van der Waals surface area contributed by atoms with Crippen molar-refractivity contribution in [2.24, 2.45) is 0 Å². The van der Waals surface area contributed by atoms with E-state index in [1.807, 2.05) is 18.2 Å². The maximum absolute atomic E-state index is 11.5. The summed E-state index contributed by atoms with van der Waals surface area (Å²) in [7, 11) is 0. The van der Waals surface area contributed by atoms with Gasteiger partial charge >= 0.3 is 0 Å². The minimum Gasteiger partial charge on any atom is -0.507 e. The number of aromatic hydroxyl groups is 1. The quantitative estimate of drug-likeness (QED) is 0.175. The molecule has 0 spiro atoms. The van der Waals surface area contributed by atoms with Crippen LogP contribution in [0.1, 0.15) is 52.7 Å². The van der Waals surface area contributed by atoms with Crippen LogP contribution in [0.3, 0.4) is 0 Å². The molecule has 2 heterocycles. The number of aromatic nitrogens is 4. The van der Waals surface area contributed by atoms with Crippen LogP contribution in [0.15, 0.2) is 146 Å². The Morgan fingerprint density at radius 2 is 1.28 bits per heavy atom. The minimum absolute atomic E-state index is 0. The molecule has 9 rings (SSSR count). The summed E-state index contributed by atoms with van der Waals surface area (Å²) >= 11 is 0. The van der Waals surface area contributed by atoms with Crippen molar-refractivity contribution in [2.75, 3.05) is 0 Å². The van der Waals surface area contributed by atoms with Crippen molar-refractivity contribution in [3.05, 3.63) is 163 Å². The summed E-state index contributed by atoms with van der Waals surface area (Å²) in [6, 6.07) is 50.0. The number of benzene rings is 7. The molecule has 0 fully saturated rings. The van der Waals surface area contributed by atoms with Crippen molar-refractivity contribution >= 4 is 32.8 Å². The summed E-state index contributed by atoms with van der Waals surface area (Å²) in [5.74, 6) is 0.962. The Morgan fingerprint density at radius 1 is 0.579 bits per heavy atom. The van der Waals surface area contributed by atoms with Gasteiger partial charge in [0.1, 0.15) is 5.75 Å². The molecule has 0 unspecified atom stereocenters. The summed E-state index contributed by atoms with van der Waals surface area (Å²) < 4.78 is 2.27. The Balaban J connectivity index is 0.00000455. The third kappa shape index (κ3) is 6.85. The van der Waals surface area contributed by atoms with Gasteiger partial charge in [0.2, 0.25) is 0 Å². The average Bonchev–Trinajstić information content (AvgIpc) is 3.60. The molecular formula is C51H43N4OPt-. The maximum Gasteiger partial charge on any atom is 0.124 e. The summed E-state index contributed by atoms with van der Waals surface area (Å²) in [5.41, 5.74) is 13.2. The van der Waals surface area contributed by atoms with E-state index in [4.69, 9.17) is 15.0 Å².